The zero-order valence-corrected chi connectivity index (χ0v) is 21.3. The van der Waals surface area contributed by atoms with Gasteiger partial charge < -0.3 is 24.6 Å². The van der Waals surface area contributed by atoms with Crippen molar-refractivity contribution in [3.05, 3.63) is 90.1 Å². The van der Waals surface area contributed by atoms with E-state index in [9.17, 15) is 14.7 Å². The third kappa shape index (κ3) is 7.10. The van der Waals surface area contributed by atoms with E-state index < -0.39 is 5.97 Å². The lowest BCUT2D eigenvalue weighted by molar-refractivity contribution is -0.115. The molecule has 1 aliphatic rings. The van der Waals surface area contributed by atoms with Crippen molar-refractivity contribution in [3.63, 3.8) is 0 Å². The van der Waals surface area contributed by atoms with Gasteiger partial charge in [0.2, 0.25) is 11.8 Å². The van der Waals surface area contributed by atoms with E-state index in [1.807, 2.05) is 36.4 Å². The second-order valence-electron chi connectivity index (χ2n) is 9.16. The lowest BCUT2D eigenvalue weighted by Crippen LogP contribution is -2.38. The third-order valence-corrected chi connectivity index (χ3v) is 6.38. The van der Waals surface area contributed by atoms with Gasteiger partial charge in [-0.05, 0) is 52.7 Å². The van der Waals surface area contributed by atoms with Crippen molar-refractivity contribution in [2.75, 3.05) is 44.8 Å². The van der Waals surface area contributed by atoms with Crippen molar-refractivity contribution in [2.45, 2.75) is 6.42 Å². The molecule has 1 aromatic heterocycles. The van der Waals surface area contributed by atoms with Crippen molar-refractivity contribution in [1.29, 1.82) is 0 Å². The second kappa shape index (κ2) is 12.4. The molecule has 1 aliphatic heterocycles. The van der Waals surface area contributed by atoms with Crippen LogP contribution in [0.5, 0.6) is 17.4 Å². The first kappa shape index (κ1) is 26.1. The number of hydrogen-bond donors (Lipinski definition) is 2. The quantitative estimate of drug-likeness (QED) is 0.308. The highest BCUT2D eigenvalue weighted by Gasteiger charge is 2.13. The summed E-state index contributed by atoms with van der Waals surface area (Å²) in [5, 5.41) is 14.0. The number of morpholine rings is 1. The summed E-state index contributed by atoms with van der Waals surface area (Å²) in [6.45, 7) is 4.96. The van der Waals surface area contributed by atoms with E-state index in [1.54, 1.807) is 36.5 Å². The number of ether oxygens (including phenoxy) is 3. The van der Waals surface area contributed by atoms with E-state index in [0.29, 0.717) is 23.8 Å². The number of pyridine rings is 1. The molecule has 2 N–H and O–H groups in total. The Hall–Kier alpha value is -4.47. The number of aromatic carboxylic acids is 1. The molecule has 0 aliphatic carbocycles. The smallest absolute Gasteiger partial charge is 0.337 e. The first-order chi connectivity index (χ1) is 19.0. The van der Waals surface area contributed by atoms with Crippen LogP contribution in [0.3, 0.4) is 0 Å². The van der Waals surface area contributed by atoms with Crippen LogP contribution in [0.4, 0.5) is 5.69 Å². The number of para-hydroxylation sites is 1. The van der Waals surface area contributed by atoms with Gasteiger partial charge in [-0.25, -0.2) is 9.78 Å². The van der Waals surface area contributed by atoms with E-state index in [-0.39, 0.29) is 23.6 Å². The summed E-state index contributed by atoms with van der Waals surface area (Å²) >= 11 is 0. The number of nitrogens with zero attached hydrogens (tertiary/aromatic N) is 2. The molecule has 0 bridgehead atoms. The molecule has 4 aromatic rings. The minimum Gasteiger partial charge on any atom is -0.492 e. The number of carbonyl (C=O) groups is 2. The Morgan fingerprint density at radius 2 is 1.69 bits per heavy atom. The van der Waals surface area contributed by atoms with Crippen LogP contribution >= 0.6 is 0 Å². The Morgan fingerprint density at radius 1 is 0.949 bits per heavy atom. The maximum atomic E-state index is 12.4. The Bertz CT molecular complexity index is 1450. The van der Waals surface area contributed by atoms with Gasteiger partial charge in [-0.1, -0.05) is 30.3 Å². The molecule has 9 heteroatoms. The molecule has 1 amide bonds. The number of nitrogens with one attached hydrogen (secondary N) is 1. The molecule has 0 saturated carbocycles. The van der Waals surface area contributed by atoms with Crippen molar-refractivity contribution in [3.8, 4) is 17.4 Å². The highest BCUT2D eigenvalue weighted by Crippen LogP contribution is 2.27. The zero-order valence-electron chi connectivity index (χ0n) is 21.3. The van der Waals surface area contributed by atoms with Gasteiger partial charge in [0.1, 0.15) is 18.1 Å². The molecular formula is C30H29N3O6. The lowest BCUT2D eigenvalue weighted by Gasteiger charge is -2.26. The van der Waals surface area contributed by atoms with Crippen molar-refractivity contribution < 1.29 is 28.9 Å². The summed E-state index contributed by atoms with van der Waals surface area (Å²) in [5.41, 5.74) is 0.967. The number of rotatable bonds is 10. The fraction of sp³-hybridized carbons (Fsp3) is 0.233. The molecule has 0 radical (unpaired) electrons. The molecule has 1 saturated heterocycles. The minimum atomic E-state index is -1.10. The largest absolute Gasteiger partial charge is 0.492 e. The van der Waals surface area contributed by atoms with Gasteiger partial charge in [-0.15, -0.1) is 0 Å². The van der Waals surface area contributed by atoms with E-state index in [2.05, 4.69) is 15.2 Å². The maximum Gasteiger partial charge on any atom is 0.337 e. The number of benzene rings is 3. The number of aromatic nitrogens is 1. The number of amides is 1. The standard InChI is InChI=1S/C30H29N3O6/c34-28(32-27-4-2-1-3-26(27)30(35)36)17-21-5-10-29(31-20-21)39-25-9-7-22-18-24(8-6-23(22)19-25)38-16-13-33-11-14-37-15-12-33/h1-10,18-20H,11-17H2,(H,32,34)(H,35,36). The van der Waals surface area contributed by atoms with Crippen molar-refractivity contribution in [1.82, 2.24) is 9.88 Å². The van der Waals surface area contributed by atoms with Crippen LogP contribution in [0.15, 0.2) is 79.0 Å². The molecule has 0 unspecified atom stereocenters. The van der Waals surface area contributed by atoms with E-state index >= 15 is 0 Å². The first-order valence-corrected chi connectivity index (χ1v) is 12.8. The third-order valence-electron chi connectivity index (χ3n) is 6.38. The highest BCUT2D eigenvalue weighted by molar-refractivity contribution is 6.01. The second-order valence-corrected chi connectivity index (χ2v) is 9.16. The molecule has 39 heavy (non-hydrogen) atoms. The van der Waals surface area contributed by atoms with Crippen LogP contribution in [0.25, 0.3) is 10.8 Å². The maximum absolute atomic E-state index is 12.4. The van der Waals surface area contributed by atoms with E-state index in [0.717, 1.165) is 49.4 Å². The average Bonchev–Trinajstić information content (AvgIpc) is 2.95. The first-order valence-electron chi connectivity index (χ1n) is 12.8. The number of carbonyl (C=O) groups excluding carboxylic acids is 1. The van der Waals surface area contributed by atoms with Crippen LogP contribution < -0.4 is 14.8 Å². The fourth-order valence-corrected chi connectivity index (χ4v) is 4.33. The predicted octanol–water partition coefficient (Wildman–Crippen LogP) is 4.62. The molecule has 0 spiro atoms. The van der Waals surface area contributed by atoms with Gasteiger partial charge in [0, 0.05) is 31.9 Å². The Kier molecular flexibility index (Phi) is 8.30. The number of anilines is 1. The van der Waals surface area contributed by atoms with Crippen LogP contribution in [0, 0.1) is 0 Å². The zero-order chi connectivity index (χ0) is 27.0. The highest BCUT2D eigenvalue weighted by atomic mass is 16.5. The number of hydrogen-bond acceptors (Lipinski definition) is 7. The van der Waals surface area contributed by atoms with Gasteiger partial charge in [0.15, 0.2) is 0 Å². The molecule has 2 heterocycles. The number of fused-ring (bicyclic) bond motifs is 1. The van der Waals surface area contributed by atoms with Crippen LogP contribution in [0.1, 0.15) is 15.9 Å². The number of carboxylic acid groups (broad SMARTS) is 1. The van der Waals surface area contributed by atoms with Gasteiger partial charge in [0.25, 0.3) is 0 Å². The summed E-state index contributed by atoms with van der Waals surface area (Å²) in [6, 6.07) is 21.5. The van der Waals surface area contributed by atoms with Crippen molar-refractivity contribution in [2.24, 2.45) is 0 Å². The normalized spacial score (nSPS) is 13.6. The Balaban J connectivity index is 1.15. The number of carboxylic acids is 1. The van der Waals surface area contributed by atoms with Crippen LogP contribution in [-0.4, -0.2) is 66.3 Å². The molecule has 200 valence electrons. The monoisotopic (exact) mass is 527 g/mol. The van der Waals surface area contributed by atoms with Gasteiger partial charge in [-0.3, -0.25) is 9.69 Å². The minimum absolute atomic E-state index is 0.0376. The fourth-order valence-electron chi connectivity index (χ4n) is 4.33. The SMILES string of the molecule is O=C(Cc1ccc(Oc2ccc3cc(OCCN4CCOCC4)ccc3c2)nc1)Nc1ccccc1C(=O)O. The summed E-state index contributed by atoms with van der Waals surface area (Å²) < 4.78 is 17.3. The Labute approximate surface area is 225 Å². The average molecular weight is 528 g/mol. The van der Waals surface area contributed by atoms with E-state index in [1.165, 1.54) is 6.07 Å². The van der Waals surface area contributed by atoms with Gasteiger partial charge in [0.05, 0.1) is 30.9 Å². The molecule has 0 atom stereocenters. The molecule has 9 nitrogen and oxygen atoms in total. The van der Waals surface area contributed by atoms with Gasteiger partial charge >= 0.3 is 5.97 Å². The molecular weight excluding hydrogens is 498 g/mol. The topological polar surface area (TPSA) is 110 Å². The molecule has 5 rings (SSSR count). The van der Waals surface area contributed by atoms with Crippen LogP contribution in [0.2, 0.25) is 0 Å². The van der Waals surface area contributed by atoms with Crippen molar-refractivity contribution >= 4 is 28.3 Å². The molecule has 3 aromatic carbocycles. The summed E-state index contributed by atoms with van der Waals surface area (Å²) in [6.07, 6.45) is 1.62. The lowest BCUT2D eigenvalue weighted by atomic mass is 10.1. The summed E-state index contributed by atoms with van der Waals surface area (Å²) in [5.74, 6) is 0.441. The van der Waals surface area contributed by atoms with Crippen LogP contribution in [-0.2, 0) is 16.0 Å². The predicted molar refractivity (Wildman–Crippen MR) is 147 cm³/mol. The molecule has 1 fully saturated rings. The van der Waals surface area contributed by atoms with Gasteiger partial charge in [-0.2, -0.15) is 0 Å². The van der Waals surface area contributed by atoms with E-state index in [4.69, 9.17) is 14.2 Å². The summed E-state index contributed by atoms with van der Waals surface area (Å²) in [7, 11) is 0. The summed E-state index contributed by atoms with van der Waals surface area (Å²) in [4.78, 5) is 30.4. The Morgan fingerprint density at radius 3 is 2.44 bits per heavy atom.